The first-order chi connectivity index (χ1) is 4.76. The van der Waals surface area contributed by atoms with E-state index in [1.165, 1.54) is 6.08 Å². The Morgan fingerprint density at radius 2 is 2.40 bits per heavy atom. The van der Waals surface area contributed by atoms with Gasteiger partial charge in [0.2, 0.25) is 0 Å². The van der Waals surface area contributed by atoms with Gasteiger partial charge in [0.05, 0.1) is 18.8 Å². The molecule has 0 aromatic carbocycles. The summed E-state index contributed by atoms with van der Waals surface area (Å²) >= 11 is 0. The van der Waals surface area contributed by atoms with Crippen LogP contribution in [0, 0.1) is 0 Å². The Morgan fingerprint density at radius 1 is 1.80 bits per heavy atom. The summed E-state index contributed by atoms with van der Waals surface area (Å²) in [7, 11) is 0. The van der Waals surface area contributed by atoms with E-state index in [-0.39, 0.29) is 6.61 Å². The van der Waals surface area contributed by atoms with Gasteiger partial charge in [-0.15, -0.1) is 6.58 Å². The van der Waals surface area contributed by atoms with Crippen molar-refractivity contribution in [1.29, 1.82) is 0 Å². The Morgan fingerprint density at radius 3 is 2.70 bits per heavy atom. The van der Waals surface area contributed by atoms with E-state index < -0.39 is 12.1 Å². The molecular weight excluding hydrogens is 134 g/mol. The van der Waals surface area contributed by atoms with Crippen LogP contribution >= 0.6 is 0 Å². The number of hydrogen-bond acceptors (Lipinski definition) is 3. The van der Waals surface area contributed by atoms with Gasteiger partial charge in [-0.1, -0.05) is 11.2 Å². The molecule has 2 N–H and O–H groups in total. The lowest BCUT2D eigenvalue weighted by Gasteiger charge is -2.09. The predicted molar refractivity (Wildman–Crippen MR) is 36.2 cm³/mol. The minimum absolute atomic E-state index is 0.378. The lowest BCUT2D eigenvalue weighted by Crippen LogP contribution is -2.24. The third-order valence-electron chi connectivity index (χ3n) is 1.02. The number of rotatable bonds is 4. The van der Waals surface area contributed by atoms with E-state index in [9.17, 15) is 0 Å². The summed E-state index contributed by atoms with van der Waals surface area (Å²) in [6.45, 7) is 2.89. The van der Waals surface area contributed by atoms with Gasteiger partial charge in [0, 0.05) is 4.91 Å². The van der Waals surface area contributed by atoms with Crippen LogP contribution in [0.25, 0.3) is 10.4 Å². The van der Waals surface area contributed by atoms with Crippen molar-refractivity contribution in [2.45, 2.75) is 12.1 Å². The van der Waals surface area contributed by atoms with Gasteiger partial charge in [-0.2, -0.15) is 0 Å². The van der Waals surface area contributed by atoms with Crippen molar-refractivity contribution in [2.24, 2.45) is 5.11 Å². The molecule has 0 aliphatic heterocycles. The summed E-state index contributed by atoms with van der Waals surface area (Å²) < 4.78 is 0. The number of azide groups is 1. The molecule has 0 aliphatic carbocycles. The molecular formula is C5H9N3O2. The lowest BCUT2D eigenvalue weighted by molar-refractivity contribution is 0.144. The molecule has 2 atom stereocenters. The number of aliphatic hydroxyl groups excluding tert-OH is 2. The highest BCUT2D eigenvalue weighted by molar-refractivity contribution is 4.88. The summed E-state index contributed by atoms with van der Waals surface area (Å²) in [6, 6.07) is -0.817. The Balaban J connectivity index is 4.04. The largest absolute Gasteiger partial charge is 0.396 e. The van der Waals surface area contributed by atoms with Gasteiger partial charge in [0.15, 0.2) is 0 Å². The fourth-order valence-electron chi connectivity index (χ4n) is 0.436. The fourth-order valence-corrected chi connectivity index (χ4v) is 0.436. The quantitative estimate of drug-likeness (QED) is 0.255. The number of nitrogens with zero attached hydrogens (tertiary/aromatic N) is 3. The van der Waals surface area contributed by atoms with E-state index in [1.807, 2.05) is 0 Å². The van der Waals surface area contributed by atoms with Crippen LogP contribution in [-0.2, 0) is 0 Å². The molecule has 0 amide bonds. The van der Waals surface area contributed by atoms with Gasteiger partial charge in [0.1, 0.15) is 0 Å². The lowest BCUT2D eigenvalue weighted by atomic mass is 10.2. The average Bonchev–Trinajstić information content (AvgIpc) is 1.99. The van der Waals surface area contributed by atoms with Crippen LogP contribution < -0.4 is 0 Å². The summed E-state index contributed by atoms with van der Waals surface area (Å²) in [5.74, 6) is 0. The van der Waals surface area contributed by atoms with Crippen molar-refractivity contribution in [3.05, 3.63) is 23.1 Å². The van der Waals surface area contributed by atoms with Crippen molar-refractivity contribution in [3.63, 3.8) is 0 Å². The fraction of sp³-hybridized carbons (Fsp3) is 0.600. The zero-order chi connectivity index (χ0) is 7.98. The molecule has 0 aromatic heterocycles. The Labute approximate surface area is 58.2 Å². The highest BCUT2D eigenvalue weighted by Gasteiger charge is 2.11. The van der Waals surface area contributed by atoms with E-state index >= 15 is 0 Å². The summed E-state index contributed by atoms with van der Waals surface area (Å²) in [5, 5.41) is 20.5. The molecule has 0 radical (unpaired) electrons. The second kappa shape index (κ2) is 4.81. The van der Waals surface area contributed by atoms with E-state index in [0.717, 1.165) is 0 Å². The van der Waals surface area contributed by atoms with Crippen LogP contribution in [0.3, 0.4) is 0 Å². The molecule has 0 rings (SSSR count). The van der Waals surface area contributed by atoms with Crippen LogP contribution in [0.15, 0.2) is 17.8 Å². The standard InChI is InChI=1S/C5H9N3O2/c1-2-5(10)4(3-9)7-8-6/h2,4-5,9-10H,1,3H2/t4-,5+/m0/s1. The van der Waals surface area contributed by atoms with Crippen molar-refractivity contribution in [2.75, 3.05) is 6.61 Å². The van der Waals surface area contributed by atoms with E-state index in [2.05, 4.69) is 16.6 Å². The van der Waals surface area contributed by atoms with Gasteiger partial charge in [0.25, 0.3) is 0 Å². The van der Waals surface area contributed by atoms with Crippen LogP contribution in [-0.4, -0.2) is 29.0 Å². The maximum atomic E-state index is 8.91. The van der Waals surface area contributed by atoms with E-state index in [4.69, 9.17) is 15.7 Å². The molecule has 0 spiro atoms. The second-order valence-electron chi connectivity index (χ2n) is 1.68. The Hall–Kier alpha value is -1.03. The smallest absolute Gasteiger partial charge is 0.0900 e. The SMILES string of the molecule is C=C[C@@H](O)[C@H](CO)N=[N+]=[N-]. The zero-order valence-corrected chi connectivity index (χ0v) is 5.38. The summed E-state index contributed by atoms with van der Waals surface area (Å²) in [4.78, 5) is 2.43. The third-order valence-corrected chi connectivity index (χ3v) is 1.02. The average molecular weight is 143 g/mol. The first-order valence-corrected chi connectivity index (χ1v) is 2.72. The molecule has 10 heavy (non-hydrogen) atoms. The Bertz CT molecular complexity index is 153. The normalized spacial score (nSPS) is 15.0. The maximum absolute atomic E-state index is 8.91. The van der Waals surface area contributed by atoms with Gasteiger partial charge >= 0.3 is 0 Å². The molecule has 0 saturated heterocycles. The number of hydrogen-bond donors (Lipinski definition) is 2. The van der Waals surface area contributed by atoms with Gasteiger partial charge in [-0.25, -0.2) is 0 Å². The molecule has 0 unspecified atom stereocenters. The molecule has 0 aromatic rings. The maximum Gasteiger partial charge on any atom is 0.0900 e. The van der Waals surface area contributed by atoms with Crippen molar-refractivity contribution < 1.29 is 10.2 Å². The molecule has 0 heterocycles. The summed E-state index contributed by atoms with van der Waals surface area (Å²) in [6.07, 6.45) is 0.233. The Kier molecular flexibility index (Phi) is 4.32. The molecule has 0 fully saturated rings. The van der Waals surface area contributed by atoms with Crippen LogP contribution in [0.5, 0.6) is 0 Å². The predicted octanol–water partition coefficient (Wildman–Crippen LogP) is 0.205. The second-order valence-corrected chi connectivity index (χ2v) is 1.68. The highest BCUT2D eigenvalue weighted by Crippen LogP contribution is 1.98. The van der Waals surface area contributed by atoms with Gasteiger partial charge in [-0.3, -0.25) is 0 Å². The molecule has 56 valence electrons. The third kappa shape index (κ3) is 2.50. The molecule has 0 bridgehead atoms. The zero-order valence-electron chi connectivity index (χ0n) is 5.38. The molecule has 0 saturated carbocycles. The van der Waals surface area contributed by atoms with Crippen LogP contribution in [0.4, 0.5) is 0 Å². The monoisotopic (exact) mass is 143 g/mol. The van der Waals surface area contributed by atoms with Gasteiger partial charge in [-0.05, 0) is 5.53 Å². The van der Waals surface area contributed by atoms with Crippen molar-refractivity contribution >= 4 is 0 Å². The minimum Gasteiger partial charge on any atom is -0.396 e. The van der Waals surface area contributed by atoms with Gasteiger partial charge < -0.3 is 10.2 Å². The minimum atomic E-state index is -0.971. The first kappa shape index (κ1) is 8.97. The van der Waals surface area contributed by atoms with Crippen molar-refractivity contribution in [1.82, 2.24) is 0 Å². The first-order valence-electron chi connectivity index (χ1n) is 2.72. The topological polar surface area (TPSA) is 89.2 Å². The van der Waals surface area contributed by atoms with Crippen LogP contribution in [0.1, 0.15) is 0 Å². The number of aliphatic hydroxyl groups is 2. The van der Waals surface area contributed by atoms with Crippen molar-refractivity contribution in [3.8, 4) is 0 Å². The molecule has 5 heteroatoms. The summed E-state index contributed by atoms with van der Waals surface area (Å²) in [5.41, 5.74) is 7.91. The molecule has 5 nitrogen and oxygen atoms in total. The highest BCUT2D eigenvalue weighted by atomic mass is 16.3. The van der Waals surface area contributed by atoms with Crippen LogP contribution in [0.2, 0.25) is 0 Å². The van der Waals surface area contributed by atoms with E-state index in [1.54, 1.807) is 0 Å². The molecule has 0 aliphatic rings. The van der Waals surface area contributed by atoms with E-state index in [0.29, 0.717) is 0 Å².